The lowest BCUT2D eigenvalue weighted by Crippen LogP contribution is -2.08. The molecule has 128 valence electrons. The SMILES string of the molecule is CCCCCCCC[C@H]1CCC[C@@H]1CCCC/C=C/C(N)=O. The van der Waals surface area contributed by atoms with Gasteiger partial charge in [0.1, 0.15) is 0 Å². The van der Waals surface area contributed by atoms with E-state index in [1.807, 2.05) is 6.08 Å². The van der Waals surface area contributed by atoms with E-state index in [0.717, 1.165) is 18.3 Å². The number of carbonyl (C=O) groups is 1. The van der Waals surface area contributed by atoms with Crippen LogP contribution >= 0.6 is 0 Å². The molecule has 0 aliphatic heterocycles. The van der Waals surface area contributed by atoms with Gasteiger partial charge in [-0.05, 0) is 30.8 Å². The molecule has 0 radical (unpaired) electrons. The van der Waals surface area contributed by atoms with Crippen LogP contribution in [0.2, 0.25) is 0 Å². The summed E-state index contributed by atoms with van der Waals surface area (Å²) in [4.78, 5) is 10.6. The van der Waals surface area contributed by atoms with Gasteiger partial charge < -0.3 is 5.73 Å². The Labute approximate surface area is 137 Å². The van der Waals surface area contributed by atoms with Crippen LogP contribution in [0.15, 0.2) is 12.2 Å². The summed E-state index contributed by atoms with van der Waals surface area (Å²) >= 11 is 0. The lowest BCUT2D eigenvalue weighted by molar-refractivity contribution is -0.113. The average molecular weight is 308 g/mol. The highest BCUT2D eigenvalue weighted by atomic mass is 16.1. The molecule has 22 heavy (non-hydrogen) atoms. The Kier molecular flexibility index (Phi) is 11.1. The highest BCUT2D eigenvalue weighted by Gasteiger charge is 2.25. The highest BCUT2D eigenvalue weighted by Crippen LogP contribution is 2.38. The van der Waals surface area contributed by atoms with Gasteiger partial charge in [-0.1, -0.05) is 90.0 Å². The Morgan fingerprint density at radius 1 is 0.955 bits per heavy atom. The molecule has 0 aromatic carbocycles. The van der Waals surface area contributed by atoms with Gasteiger partial charge in [0.2, 0.25) is 5.91 Å². The molecule has 2 nitrogen and oxygen atoms in total. The molecular weight excluding hydrogens is 270 g/mol. The van der Waals surface area contributed by atoms with Gasteiger partial charge in [0.05, 0.1) is 0 Å². The van der Waals surface area contributed by atoms with Crippen molar-refractivity contribution < 1.29 is 4.79 Å². The minimum atomic E-state index is -0.324. The molecule has 0 saturated heterocycles. The third kappa shape index (κ3) is 9.27. The maximum atomic E-state index is 10.6. The summed E-state index contributed by atoms with van der Waals surface area (Å²) < 4.78 is 0. The van der Waals surface area contributed by atoms with Crippen LogP contribution in [0.4, 0.5) is 0 Å². The van der Waals surface area contributed by atoms with Crippen molar-refractivity contribution in [3.8, 4) is 0 Å². The van der Waals surface area contributed by atoms with Crippen molar-refractivity contribution in [2.75, 3.05) is 0 Å². The molecular formula is C20H37NO. The van der Waals surface area contributed by atoms with Crippen LogP contribution in [-0.2, 0) is 4.79 Å². The van der Waals surface area contributed by atoms with Gasteiger partial charge >= 0.3 is 0 Å². The van der Waals surface area contributed by atoms with Gasteiger partial charge in [0, 0.05) is 0 Å². The molecule has 1 aliphatic carbocycles. The van der Waals surface area contributed by atoms with E-state index in [-0.39, 0.29) is 5.91 Å². The fourth-order valence-electron chi connectivity index (χ4n) is 3.93. The summed E-state index contributed by atoms with van der Waals surface area (Å²) in [5.41, 5.74) is 5.08. The van der Waals surface area contributed by atoms with Gasteiger partial charge in [0.25, 0.3) is 0 Å². The van der Waals surface area contributed by atoms with Crippen LogP contribution in [0, 0.1) is 11.8 Å². The summed E-state index contributed by atoms with van der Waals surface area (Å²) in [6.45, 7) is 2.28. The molecule has 0 bridgehead atoms. The second kappa shape index (κ2) is 12.7. The first-order valence-electron chi connectivity index (χ1n) is 9.70. The van der Waals surface area contributed by atoms with Gasteiger partial charge in [-0.3, -0.25) is 4.79 Å². The first kappa shape index (κ1) is 19.3. The van der Waals surface area contributed by atoms with Gasteiger partial charge in [-0.25, -0.2) is 0 Å². The summed E-state index contributed by atoms with van der Waals surface area (Å²) in [6.07, 6.45) is 22.7. The maximum absolute atomic E-state index is 10.6. The van der Waals surface area contributed by atoms with Gasteiger partial charge in [-0.2, -0.15) is 0 Å². The van der Waals surface area contributed by atoms with E-state index in [9.17, 15) is 4.79 Å². The smallest absolute Gasteiger partial charge is 0.241 e. The molecule has 0 aromatic heterocycles. The Morgan fingerprint density at radius 2 is 1.55 bits per heavy atom. The molecule has 0 unspecified atom stereocenters. The second-order valence-electron chi connectivity index (χ2n) is 7.10. The second-order valence-corrected chi connectivity index (χ2v) is 7.10. The maximum Gasteiger partial charge on any atom is 0.241 e. The van der Waals surface area contributed by atoms with Crippen LogP contribution in [0.5, 0.6) is 0 Å². The molecule has 1 saturated carbocycles. The molecule has 0 aromatic rings. The van der Waals surface area contributed by atoms with E-state index < -0.39 is 0 Å². The number of nitrogens with two attached hydrogens (primary N) is 1. The van der Waals surface area contributed by atoms with Gasteiger partial charge in [0.15, 0.2) is 0 Å². The van der Waals surface area contributed by atoms with Crippen LogP contribution in [0.3, 0.4) is 0 Å². The highest BCUT2D eigenvalue weighted by molar-refractivity contribution is 5.85. The molecule has 2 N–H and O–H groups in total. The molecule has 1 fully saturated rings. The van der Waals surface area contributed by atoms with Crippen molar-refractivity contribution in [3.05, 3.63) is 12.2 Å². The third-order valence-corrected chi connectivity index (χ3v) is 5.22. The van der Waals surface area contributed by atoms with Crippen molar-refractivity contribution in [2.45, 2.75) is 96.8 Å². The zero-order valence-electron chi connectivity index (χ0n) is 14.7. The standard InChI is InChI=1S/C20H37NO/c1-2-3-4-5-6-9-13-18-15-12-16-19(18)14-10-7-8-11-17-20(21)22/h11,17-19H,2-10,12-16H2,1H3,(H2,21,22)/b17-11+/t18-,19-/m0/s1. The van der Waals surface area contributed by atoms with E-state index in [1.54, 1.807) is 0 Å². The molecule has 2 atom stereocenters. The van der Waals surface area contributed by atoms with Crippen molar-refractivity contribution in [1.82, 2.24) is 0 Å². The van der Waals surface area contributed by atoms with E-state index in [4.69, 9.17) is 5.73 Å². The van der Waals surface area contributed by atoms with Crippen molar-refractivity contribution >= 4 is 5.91 Å². The van der Waals surface area contributed by atoms with Crippen LogP contribution in [0.1, 0.15) is 96.8 Å². The fourth-order valence-corrected chi connectivity index (χ4v) is 3.93. The molecule has 1 amide bonds. The zero-order chi connectivity index (χ0) is 16.0. The quantitative estimate of drug-likeness (QED) is 0.341. The van der Waals surface area contributed by atoms with E-state index in [1.165, 1.54) is 89.5 Å². The summed E-state index contributed by atoms with van der Waals surface area (Å²) in [7, 11) is 0. The summed E-state index contributed by atoms with van der Waals surface area (Å²) in [6, 6.07) is 0. The predicted molar refractivity (Wildman–Crippen MR) is 95.6 cm³/mol. The predicted octanol–water partition coefficient (Wildman–Crippen LogP) is 5.76. The topological polar surface area (TPSA) is 43.1 Å². The number of carbonyl (C=O) groups excluding carboxylic acids is 1. The number of hydrogen-bond donors (Lipinski definition) is 1. The van der Waals surface area contributed by atoms with Crippen LogP contribution in [0.25, 0.3) is 0 Å². The monoisotopic (exact) mass is 307 g/mol. The van der Waals surface area contributed by atoms with Crippen LogP contribution < -0.4 is 5.73 Å². The molecule has 0 spiro atoms. The number of unbranched alkanes of at least 4 members (excludes halogenated alkanes) is 7. The third-order valence-electron chi connectivity index (χ3n) is 5.22. The van der Waals surface area contributed by atoms with Crippen LogP contribution in [-0.4, -0.2) is 5.91 Å². The largest absolute Gasteiger partial charge is 0.366 e. The molecule has 1 rings (SSSR count). The Morgan fingerprint density at radius 3 is 2.18 bits per heavy atom. The fraction of sp³-hybridized carbons (Fsp3) is 0.850. The van der Waals surface area contributed by atoms with E-state index >= 15 is 0 Å². The molecule has 1 aliphatic rings. The lowest BCUT2D eigenvalue weighted by Gasteiger charge is -2.19. The first-order chi connectivity index (χ1) is 10.7. The number of amides is 1. The average Bonchev–Trinajstić information content (AvgIpc) is 2.93. The number of hydrogen-bond acceptors (Lipinski definition) is 1. The molecule has 0 heterocycles. The minimum Gasteiger partial charge on any atom is -0.366 e. The molecule has 2 heteroatoms. The van der Waals surface area contributed by atoms with Crippen molar-refractivity contribution in [1.29, 1.82) is 0 Å². The minimum absolute atomic E-state index is 0.324. The number of primary amides is 1. The number of rotatable bonds is 13. The number of allylic oxidation sites excluding steroid dienone is 1. The Bertz CT molecular complexity index is 311. The normalized spacial score (nSPS) is 21.7. The van der Waals surface area contributed by atoms with Gasteiger partial charge in [-0.15, -0.1) is 0 Å². The summed E-state index contributed by atoms with van der Waals surface area (Å²) in [5.74, 6) is 1.66. The van der Waals surface area contributed by atoms with E-state index in [0.29, 0.717) is 0 Å². The zero-order valence-corrected chi connectivity index (χ0v) is 14.7. The Hall–Kier alpha value is -0.790. The first-order valence-corrected chi connectivity index (χ1v) is 9.70. The lowest BCUT2D eigenvalue weighted by atomic mass is 9.87. The van der Waals surface area contributed by atoms with E-state index in [2.05, 4.69) is 6.92 Å². The summed E-state index contributed by atoms with van der Waals surface area (Å²) in [5, 5.41) is 0. The Balaban J connectivity index is 2.03. The van der Waals surface area contributed by atoms with Crippen molar-refractivity contribution in [3.63, 3.8) is 0 Å². The van der Waals surface area contributed by atoms with Crippen molar-refractivity contribution in [2.24, 2.45) is 17.6 Å².